The van der Waals surface area contributed by atoms with Gasteiger partial charge in [-0.25, -0.2) is 19.0 Å². The molecule has 0 fully saturated rings. The van der Waals surface area contributed by atoms with E-state index in [0.717, 1.165) is 5.69 Å². The smallest absolute Gasteiger partial charge is 0.328 e. The zero-order chi connectivity index (χ0) is 20.3. The number of nitrogens with zero attached hydrogens (tertiary/aromatic N) is 2. The number of aromatic amines is 1. The summed E-state index contributed by atoms with van der Waals surface area (Å²) in [5.74, 6) is -0.954. The summed E-state index contributed by atoms with van der Waals surface area (Å²) in [5, 5.41) is 2.81. The lowest BCUT2D eigenvalue weighted by Crippen LogP contribution is -2.53. The number of hydrogen-bond donors (Lipinski definition) is 2. The molecular formula is C20H25FN4O3. The van der Waals surface area contributed by atoms with Crippen LogP contribution in [0.4, 0.5) is 9.18 Å². The second-order valence-corrected chi connectivity index (χ2v) is 7.00. The van der Waals surface area contributed by atoms with Crippen molar-refractivity contribution in [2.75, 3.05) is 13.7 Å². The zero-order valence-corrected chi connectivity index (χ0v) is 16.2. The van der Waals surface area contributed by atoms with E-state index in [4.69, 9.17) is 4.74 Å². The van der Waals surface area contributed by atoms with E-state index >= 15 is 0 Å². The molecule has 3 atom stereocenters. The third-order valence-electron chi connectivity index (χ3n) is 5.30. The summed E-state index contributed by atoms with van der Waals surface area (Å²) in [4.78, 5) is 34.3. The molecule has 0 saturated heterocycles. The molecule has 2 aromatic rings. The number of ether oxygens (including phenoxy) is 1. The molecule has 2 heterocycles. The summed E-state index contributed by atoms with van der Waals surface area (Å²) >= 11 is 0. The fraction of sp³-hybridized carbons (Fsp3) is 0.450. The summed E-state index contributed by atoms with van der Waals surface area (Å²) in [6.07, 6.45) is 2.88. The van der Waals surface area contributed by atoms with Crippen LogP contribution in [0.25, 0.3) is 0 Å². The number of fused-ring (bicyclic) bond motifs is 1. The number of hydrogen-bond acceptors (Lipinski definition) is 4. The van der Waals surface area contributed by atoms with Gasteiger partial charge in [0.2, 0.25) is 0 Å². The van der Waals surface area contributed by atoms with Gasteiger partial charge in [-0.15, -0.1) is 0 Å². The Bertz CT molecular complexity index is 853. The highest BCUT2D eigenvalue weighted by Gasteiger charge is 2.36. The molecule has 3 rings (SSSR count). The van der Waals surface area contributed by atoms with Gasteiger partial charge >= 0.3 is 12.0 Å². The maximum absolute atomic E-state index is 13.9. The van der Waals surface area contributed by atoms with Crippen LogP contribution in [-0.2, 0) is 16.0 Å². The monoisotopic (exact) mass is 388 g/mol. The maximum Gasteiger partial charge on any atom is 0.328 e. The van der Waals surface area contributed by atoms with Crippen LogP contribution in [0.5, 0.6) is 0 Å². The lowest BCUT2D eigenvalue weighted by Gasteiger charge is -2.36. The van der Waals surface area contributed by atoms with Crippen LogP contribution in [-0.4, -0.2) is 46.6 Å². The van der Waals surface area contributed by atoms with Crippen molar-refractivity contribution in [2.24, 2.45) is 5.92 Å². The Labute approximate surface area is 163 Å². The highest BCUT2D eigenvalue weighted by molar-refractivity contribution is 5.84. The molecule has 0 radical (unpaired) electrons. The summed E-state index contributed by atoms with van der Waals surface area (Å²) < 4.78 is 18.7. The van der Waals surface area contributed by atoms with Gasteiger partial charge in [-0.1, -0.05) is 32.4 Å². The third kappa shape index (κ3) is 3.85. The molecule has 0 bridgehead atoms. The number of carbonyl (C=O) groups is 2. The summed E-state index contributed by atoms with van der Waals surface area (Å²) in [5.41, 5.74) is 2.23. The lowest BCUT2D eigenvalue weighted by atomic mass is 9.95. The van der Waals surface area contributed by atoms with E-state index in [1.165, 1.54) is 19.2 Å². The number of H-pyrrole nitrogens is 1. The number of rotatable bonds is 5. The van der Waals surface area contributed by atoms with Crippen molar-refractivity contribution in [1.82, 2.24) is 20.2 Å². The first kappa shape index (κ1) is 19.9. The molecule has 1 aliphatic heterocycles. The van der Waals surface area contributed by atoms with Gasteiger partial charge in [-0.3, -0.25) is 0 Å². The molecule has 0 spiro atoms. The first-order valence-corrected chi connectivity index (χ1v) is 9.38. The minimum absolute atomic E-state index is 0.0882. The van der Waals surface area contributed by atoms with Gasteiger partial charge in [0.1, 0.15) is 17.9 Å². The first-order chi connectivity index (χ1) is 13.5. The van der Waals surface area contributed by atoms with E-state index in [9.17, 15) is 14.0 Å². The Hall–Kier alpha value is -2.90. The number of halogens is 1. The summed E-state index contributed by atoms with van der Waals surface area (Å²) in [6, 6.07) is 4.44. The van der Waals surface area contributed by atoms with Gasteiger partial charge < -0.3 is 19.9 Å². The second-order valence-electron chi connectivity index (χ2n) is 7.00. The minimum atomic E-state index is -0.753. The molecule has 7 nitrogen and oxygen atoms in total. The average Bonchev–Trinajstić information content (AvgIpc) is 3.18. The van der Waals surface area contributed by atoms with Gasteiger partial charge in [0, 0.05) is 18.7 Å². The van der Waals surface area contributed by atoms with Gasteiger partial charge in [0.15, 0.2) is 0 Å². The molecule has 0 aliphatic carbocycles. The number of amides is 2. The fourth-order valence-corrected chi connectivity index (χ4v) is 3.52. The van der Waals surface area contributed by atoms with Gasteiger partial charge in [-0.05, 0) is 23.6 Å². The number of nitrogens with one attached hydrogen (secondary N) is 2. The predicted molar refractivity (Wildman–Crippen MR) is 101 cm³/mol. The summed E-state index contributed by atoms with van der Waals surface area (Å²) in [7, 11) is 1.30. The zero-order valence-electron chi connectivity index (χ0n) is 16.2. The van der Waals surface area contributed by atoms with Crippen LogP contribution in [0.2, 0.25) is 0 Å². The predicted octanol–water partition coefficient (Wildman–Crippen LogP) is 2.79. The van der Waals surface area contributed by atoms with Gasteiger partial charge in [-0.2, -0.15) is 0 Å². The van der Waals surface area contributed by atoms with Crippen LogP contribution in [0.15, 0.2) is 30.6 Å². The van der Waals surface area contributed by atoms with Crippen LogP contribution >= 0.6 is 0 Å². The normalized spacial score (nSPS) is 18.1. The molecule has 1 aromatic heterocycles. The third-order valence-corrected chi connectivity index (χ3v) is 5.30. The Morgan fingerprint density at radius 3 is 2.93 bits per heavy atom. The molecule has 0 unspecified atom stereocenters. The number of carbonyl (C=O) groups excluding carboxylic acids is 2. The van der Waals surface area contributed by atoms with Crippen molar-refractivity contribution in [3.63, 3.8) is 0 Å². The minimum Gasteiger partial charge on any atom is -0.467 e. The van der Waals surface area contributed by atoms with Gasteiger partial charge in [0.25, 0.3) is 0 Å². The molecule has 28 heavy (non-hydrogen) atoms. The number of imidazole rings is 1. The Morgan fingerprint density at radius 1 is 1.46 bits per heavy atom. The fourth-order valence-electron chi connectivity index (χ4n) is 3.52. The lowest BCUT2D eigenvalue weighted by molar-refractivity contribution is -0.144. The van der Waals surface area contributed by atoms with E-state index in [-0.39, 0.29) is 11.7 Å². The molecule has 150 valence electrons. The van der Waals surface area contributed by atoms with E-state index in [0.29, 0.717) is 30.6 Å². The SMILES string of the molecule is CC[C@H](C)[C@H](NC(=O)N1CCc2[nH]cnc2[C@@H]1c1cccc(F)c1)C(=O)OC. The molecule has 0 saturated carbocycles. The average molecular weight is 388 g/mol. The van der Waals surface area contributed by atoms with Crippen molar-refractivity contribution in [2.45, 2.75) is 38.8 Å². The van der Waals surface area contributed by atoms with Crippen molar-refractivity contribution < 1.29 is 18.7 Å². The van der Waals surface area contributed by atoms with Crippen molar-refractivity contribution in [3.05, 3.63) is 53.4 Å². The standard InChI is InChI=1S/C20H25FN4O3/c1-4-12(2)16(19(26)28-3)24-20(27)25-9-8-15-17(23-11-22-15)18(25)13-6-5-7-14(21)10-13/h5-7,10-12,16,18H,4,8-9H2,1-3H3,(H,22,23)(H,24,27)/t12-,16-,18-/m0/s1. The number of benzene rings is 1. The van der Waals surface area contributed by atoms with E-state index in [1.54, 1.807) is 23.4 Å². The molecule has 1 aliphatic rings. The van der Waals surface area contributed by atoms with Crippen LogP contribution in [0.3, 0.4) is 0 Å². The van der Waals surface area contributed by atoms with Crippen LogP contribution in [0.1, 0.15) is 43.3 Å². The van der Waals surface area contributed by atoms with Crippen molar-refractivity contribution >= 4 is 12.0 Å². The van der Waals surface area contributed by atoms with Crippen LogP contribution in [0, 0.1) is 11.7 Å². The number of urea groups is 1. The maximum atomic E-state index is 13.9. The highest BCUT2D eigenvalue weighted by atomic mass is 19.1. The van der Waals surface area contributed by atoms with E-state index in [2.05, 4.69) is 15.3 Å². The Kier molecular flexibility index (Phi) is 5.96. The quantitative estimate of drug-likeness (QED) is 0.771. The second kappa shape index (κ2) is 8.41. The van der Waals surface area contributed by atoms with E-state index < -0.39 is 24.1 Å². The largest absolute Gasteiger partial charge is 0.467 e. The summed E-state index contributed by atoms with van der Waals surface area (Å²) in [6.45, 7) is 4.24. The number of aromatic nitrogens is 2. The van der Waals surface area contributed by atoms with Crippen LogP contribution < -0.4 is 5.32 Å². The van der Waals surface area contributed by atoms with Crippen molar-refractivity contribution in [1.29, 1.82) is 0 Å². The van der Waals surface area contributed by atoms with Gasteiger partial charge in [0.05, 0.1) is 19.1 Å². The molecular weight excluding hydrogens is 363 g/mol. The Balaban J connectivity index is 1.92. The molecule has 1 aromatic carbocycles. The topological polar surface area (TPSA) is 87.3 Å². The molecule has 2 N–H and O–H groups in total. The molecule has 2 amide bonds. The Morgan fingerprint density at radius 2 is 2.25 bits per heavy atom. The highest BCUT2D eigenvalue weighted by Crippen LogP contribution is 2.33. The molecule has 8 heteroatoms. The van der Waals surface area contributed by atoms with Crippen molar-refractivity contribution in [3.8, 4) is 0 Å². The van der Waals surface area contributed by atoms with E-state index in [1.807, 2.05) is 13.8 Å². The number of esters is 1. The first-order valence-electron chi connectivity index (χ1n) is 9.38. The number of methoxy groups -OCH3 is 1.